The maximum Gasteiger partial charge on any atom is 0.355 e. The molecule has 2 aromatic carbocycles. The number of benzene rings is 2. The van der Waals surface area contributed by atoms with Crippen LogP contribution in [0.1, 0.15) is 37.8 Å². The first-order chi connectivity index (χ1) is 19.5. The lowest BCUT2D eigenvalue weighted by Gasteiger charge is -2.40. The van der Waals surface area contributed by atoms with Gasteiger partial charge < -0.3 is 14.9 Å². The highest BCUT2D eigenvalue weighted by molar-refractivity contribution is 6.33. The molecule has 5 rings (SSSR count). The molecule has 0 radical (unpaired) electrons. The van der Waals surface area contributed by atoms with E-state index in [-0.39, 0.29) is 51.4 Å². The summed E-state index contributed by atoms with van der Waals surface area (Å²) in [7, 11) is 0. The average Bonchev–Trinajstić information content (AvgIpc) is 2.93. The zero-order valence-corrected chi connectivity index (χ0v) is 24.1. The molecule has 4 aromatic rings. The summed E-state index contributed by atoms with van der Waals surface area (Å²) in [6.45, 7) is 12.6. The number of nitrogens with zero attached hydrogens (tertiary/aromatic N) is 5. The van der Waals surface area contributed by atoms with Gasteiger partial charge in [-0.2, -0.15) is 4.98 Å². The molecule has 1 fully saturated rings. The van der Waals surface area contributed by atoms with Crippen molar-refractivity contribution in [1.82, 2.24) is 19.4 Å². The van der Waals surface area contributed by atoms with Crippen LogP contribution >= 0.6 is 11.6 Å². The summed E-state index contributed by atoms with van der Waals surface area (Å²) in [4.78, 5) is 38.9. The number of aromatic nitrogens is 3. The number of rotatable bonds is 5. The zero-order valence-electron chi connectivity index (χ0n) is 23.4. The Morgan fingerprint density at radius 1 is 1.20 bits per heavy atom. The number of aromatic hydroxyl groups is 1. The van der Waals surface area contributed by atoms with E-state index in [1.807, 2.05) is 50.8 Å². The average molecular weight is 576 g/mol. The van der Waals surface area contributed by atoms with Gasteiger partial charge in [-0.15, -0.1) is 0 Å². The smallest absolute Gasteiger partial charge is 0.355 e. The summed E-state index contributed by atoms with van der Waals surface area (Å²) in [5.74, 6) is -0.796. The van der Waals surface area contributed by atoms with E-state index >= 15 is 4.39 Å². The van der Waals surface area contributed by atoms with Gasteiger partial charge in [0, 0.05) is 25.7 Å². The number of phenols is 1. The van der Waals surface area contributed by atoms with Crippen LogP contribution < -0.4 is 10.6 Å². The fourth-order valence-electron chi connectivity index (χ4n) is 5.50. The van der Waals surface area contributed by atoms with E-state index in [9.17, 15) is 14.7 Å². The molecule has 212 valence electrons. The molecule has 10 heteroatoms. The molecule has 1 unspecified atom stereocenters. The predicted molar refractivity (Wildman–Crippen MR) is 160 cm³/mol. The fraction of sp³-hybridized carbons (Fsp3) is 0.290. The summed E-state index contributed by atoms with van der Waals surface area (Å²) >= 11 is 6.40. The van der Waals surface area contributed by atoms with E-state index in [0.717, 1.165) is 11.1 Å². The maximum atomic E-state index is 15.9. The number of aryl methyl sites for hydroxylation is 1. The molecular weight excluding hydrogens is 545 g/mol. The highest BCUT2D eigenvalue weighted by atomic mass is 35.5. The first-order valence-corrected chi connectivity index (χ1v) is 13.8. The molecule has 1 saturated heterocycles. The number of hydrogen-bond donors (Lipinski definition) is 1. The number of piperazine rings is 1. The van der Waals surface area contributed by atoms with Gasteiger partial charge in [-0.3, -0.25) is 4.79 Å². The van der Waals surface area contributed by atoms with Crippen molar-refractivity contribution in [3.8, 4) is 22.7 Å². The molecule has 3 heterocycles. The number of hydrogen-bond acceptors (Lipinski definition) is 6. The second-order valence-corrected chi connectivity index (χ2v) is 11.0. The first kappa shape index (κ1) is 28.3. The minimum absolute atomic E-state index is 0.0321. The minimum Gasteiger partial charge on any atom is -0.507 e. The summed E-state index contributed by atoms with van der Waals surface area (Å²) in [6, 6.07) is 11.3. The van der Waals surface area contributed by atoms with Gasteiger partial charge in [0.05, 0.1) is 21.7 Å². The van der Waals surface area contributed by atoms with Crippen molar-refractivity contribution >= 4 is 34.4 Å². The first-order valence-electron chi connectivity index (χ1n) is 13.4. The van der Waals surface area contributed by atoms with Crippen molar-refractivity contribution in [2.75, 3.05) is 24.5 Å². The van der Waals surface area contributed by atoms with E-state index in [0.29, 0.717) is 30.7 Å². The van der Waals surface area contributed by atoms with E-state index in [1.165, 1.54) is 28.8 Å². The minimum atomic E-state index is -0.726. The molecule has 1 amide bonds. The van der Waals surface area contributed by atoms with Crippen molar-refractivity contribution in [2.45, 2.75) is 39.7 Å². The third-order valence-corrected chi connectivity index (χ3v) is 7.85. The van der Waals surface area contributed by atoms with Gasteiger partial charge in [-0.25, -0.2) is 18.7 Å². The van der Waals surface area contributed by atoms with Gasteiger partial charge in [-0.05, 0) is 55.2 Å². The third kappa shape index (κ3) is 4.95. The van der Waals surface area contributed by atoms with Crippen LogP contribution in [0.4, 0.5) is 10.2 Å². The number of amides is 1. The van der Waals surface area contributed by atoms with Gasteiger partial charge in [0.15, 0.2) is 11.5 Å². The summed E-state index contributed by atoms with van der Waals surface area (Å²) < 4.78 is 17.3. The van der Waals surface area contributed by atoms with E-state index < -0.39 is 11.5 Å². The van der Waals surface area contributed by atoms with Crippen molar-refractivity contribution < 1.29 is 14.3 Å². The largest absolute Gasteiger partial charge is 0.507 e. The molecule has 8 nitrogen and oxygen atoms in total. The van der Waals surface area contributed by atoms with Crippen LogP contribution in [0.2, 0.25) is 5.02 Å². The zero-order chi connectivity index (χ0) is 29.6. The second-order valence-electron chi connectivity index (χ2n) is 10.6. The Kier molecular flexibility index (Phi) is 7.57. The number of halogens is 2. The van der Waals surface area contributed by atoms with Crippen LogP contribution in [0.5, 0.6) is 5.75 Å². The number of pyridine rings is 1. The van der Waals surface area contributed by atoms with Crippen molar-refractivity contribution in [2.24, 2.45) is 0 Å². The van der Waals surface area contributed by atoms with Crippen molar-refractivity contribution in [1.29, 1.82) is 0 Å². The topological polar surface area (TPSA) is 91.6 Å². The number of para-hydroxylation sites is 1. The summed E-state index contributed by atoms with van der Waals surface area (Å²) in [5, 5.41) is 11.1. The van der Waals surface area contributed by atoms with Crippen LogP contribution in [0, 0.1) is 12.7 Å². The third-order valence-electron chi connectivity index (χ3n) is 7.53. The molecule has 0 saturated carbocycles. The lowest BCUT2D eigenvalue weighted by atomic mass is 9.98. The van der Waals surface area contributed by atoms with Gasteiger partial charge >= 0.3 is 5.69 Å². The van der Waals surface area contributed by atoms with Gasteiger partial charge in [0.25, 0.3) is 0 Å². The quantitative estimate of drug-likeness (QED) is 0.311. The Hall–Kier alpha value is -4.24. The van der Waals surface area contributed by atoms with Crippen LogP contribution in [-0.4, -0.2) is 56.1 Å². The Bertz CT molecular complexity index is 1730. The van der Waals surface area contributed by atoms with Crippen LogP contribution in [0.15, 0.2) is 59.9 Å². The summed E-state index contributed by atoms with van der Waals surface area (Å²) in [6.07, 6.45) is 1.27. The Morgan fingerprint density at radius 3 is 2.59 bits per heavy atom. The molecule has 1 N–H and O–H groups in total. The molecule has 0 spiro atoms. The highest BCUT2D eigenvalue weighted by Gasteiger charge is 2.30. The molecule has 41 heavy (non-hydrogen) atoms. The monoisotopic (exact) mass is 575 g/mol. The number of fused-ring (bicyclic) bond motifs is 1. The van der Waals surface area contributed by atoms with E-state index in [4.69, 9.17) is 11.6 Å². The molecular formula is C31H31ClFN5O3. The normalized spacial score (nSPS) is 15.5. The van der Waals surface area contributed by atoms with Crippen LogP contribution in [0.25, 0.3) is 28.0 Å². The lowest BCUT2D eigenvalue weighted by molar-refractivity contribution is -0.126. The van der Waals surface area contributed by atoms with Gasteiger partial charge in [0.2, 0.25) is 5.91 Å². The fourth-order valence-corrected chi connectivity index (χ4v) is 5.76. The number of carbonyl (C=O) groups is 1. The Morgan fingerprint density at radius 2 is 1.93 bits per heavy atom. The highest BCUT2D eigenvalue weighted by Crippen LogP contribution is 2.39. The maximum absolute atomic E-state index is 15.9. The molecule has 1 aliphatic rings. The van der Waals surface area contributed by atoms with Gasteiger partial charge in [-0.1, -0.05) is 56.3 Å². The van der Waals surface area contributed by atoms with E-state index in [2.05, 4.69) is 16.5 Å². The molecule has 1 aliphatic heterocycles. The number of phenolic OH excluding ortho intramolecular Hbond substituents is 1. The lowest BCUT2D eigenvalue weighted by Crippen LogP contribution is -2.54. The van der Waals surface area contributed by atoms with Gasteiger partial charge in [0.1, 0.15) is 17.3 Å². The standard InChI is InChI=1S/C31H31ClFN5O3/c1-6-25(40)36-13-14-37(19(5)16-36)29-21-15-23(33)27(26-22(32)11-8-12-24(26)39)34-30(21)38(31(41)35-29)28-18(4)9-7-10-20(28)17(2)3/h6-12,15,17,19,39H,1,13-14,16H2,2-5H3. The van der Waals surface area contributed by atoms with Crippen molar-refractivity contribution in [3.05, 3.63) is 87.6 Å². The van der Waals surface area contributed by atoms with Crippen molar-refractivity contribution in [3.63, 3.8) is 0 Å². The SMILES string of the molecule is C=CC(=O)N1CCN(c2nc(=O)n(-c3c(C)cccc3C(C)C)c3nc(-c4c(O)cccc4Cl)c(F)cc23)C(C)C1. The Labute approximate surface area is 242 Å². The second kappa shape index (κ2) is 11.0. The molecule has 2 aromatic heterocycles. The van der Waals surface area contributed by atoms with Crippen LogP contribution in [-0.2, 0) is 4.79 Å². The molecule has 0 aliphatic carbocycles. The predicted octanol–water partition coefficient (Wildman–Crippen LogP) is 5.60. The molecule has 1 atom stereocenters. The Balaban J connectivity index is 1.83. The van der Waals surface area contributed by atoms with E-state index in [1.54, 1.807) is 11.0 Å². The number of carbonyl (C=O) groups excluding carboxylic acids is 1. The van der Waals surface area contributed by atoms with Crippen LogP contribution in [0.3, 0.4) is 0 Å². The molecule has 0 bridgehead atoms. The summed E-state index contributed by atoms with van der Waals surface area (Å²) in [5.41, 5.74) is 1.82. The number of anilines is 1.